The highest BCUT2D eigenvalue weighted by Gasteiger charge is 2.23. The molecule has 2 rings (SSSR count). The number of nitrogens with zero attached hydrogens (tertiary/aromatic N) is 1. The Bertz CT molecular complexity index is 534. The molecule has 1 aromatic rings. The second-order valence-corrected chi connectivity index (χ2v) is 6.23. The summed E-state index contributed by atoms with van der Waals surface area (Å²) in [6.45, 7) is 6.66. The van der Waals surface area contributed by atoms with Crippen LogP contribution in [0.5, 0.6) is 0 Å². The molecule has 1 aromatic carbocycles. The van der Waals surface area contributed by atoms with Crippen molar-refractivity contribution in [1.29, 1.82) is 0 Å². The first-order valence-corrected chi connectivity index (χ1v) is 7.69. The third-order valence-electron chi connectivity index (χ3n) is 3.92. The predicted octanol–water partition coefficient (Wildman–Crippen LogP) is 2.39. The summed E-state index contributed by atoms with van der Waals surface area (Å²) in [5.74, 6) is 0.673. The molecule has 0 spiro atoms. The minimum Gasteiger partial charge on any atom is -0.465 e. The second kappa shape index (κ2) is 7.40. The number of hydrogen-bond donors (Lipinski definition) is 1. The van der Waals surface area contributed by atoms with Gasteiger partial charge in [-0.1, -0.05) is 26.0 Å². The van der Waals surface area contributed by atoms with Crippen LogP contribution in [-0.4, -0.2) is 43.5 Å². The van der Waals surface area contributed by atoms with E-state index < -0.39 is 5.97 Å². The fourth-order valence-corrected chi connectivity index (χ4v) is 3.19. The number of likely N-dealkylation sites (tertiary alicyclic amines) is 1. The number of para-hydroxylation sites is 1. The van der Waals surface area contributed by atoms with Crippen LogP contribution in [0, 0.1) is 11.8 Å². The monoisotopic (exact) mass is 304 g/mol. The van der Waals surface area contributed by atoms with E-state index in [1.807, 2.05) is 0 Å². The number of anilines is 1. The van der Waals surface area contributed by atoms with E-state index in [4.69, 9.17) is 4.74 Å². The van der Waals surface area contributed by atoms with Crippen molar-refractivity contribution in [3.8, 4) is 0 Å². The van der Waals surface area contributed by atoms with Gasteiger partial charge >= 0.3 is 5.97 Å². The van der Waals surface area contributed by atoms with Crippen LogP contribution in [0.3, 0.4) is 0 Å². The third kappa shape index (κ3) is 4.31. The molecule has 0 bridgehead atoms. The van der Waals surface area contributed by atoms with Crippen LogP contribution >= 0.6 is 0 Å². The lowest BCUT2D eigenvalue weighted by atomic mass is 9.92. The molecule has 2 atom stereocenters. The molecule has 5 heteroatoms. The van der Waals surface area contributed by atoms with Gasteiger partial charge in [-0.15, -0.1) is 0 Å². The molecular formula is C17H24N2O3. The van der Waals surface area contributed by atoms with Crippen molar-refractivity contribution in [3.63, 3.8) is 0 Å². The number of ether oxygens (including phenoxy) is 1. The van der Waals surface area contributed by atoms with E-state index in [9.17, 15) is 9.59 Å². The van der Waals surface area contributed by atoms with E-state index in [-0.39, 0.29) is 5.91 Å². The summed E-state index contributed by atoms with van der Waals surface area (Å²) in [6.07, 6.45) is 1.21. The molecule has 0 aromatic heterocycles. The maximum Gasteiger partial charge on any atom is 0.339 e. The Morgan fingerprint density at radius 2 is 1.86 bits per heavy atom. The Morgan fingerprint density at radius 3 is 2.50 bits per heavy atom. The lowest BCUT2D eigenvalue weighted by Gasteiger charge is -2.34. The van der Waals surface area contributed by atoms with Gasteiger partial charge in [0.05, 0.1) is 24.9 Å². The maximum atomic E-state index is 12.3. The number of piperidine rings is 1. The molecule has 1 saturated heterocycles. The van der Waals surface area contributed by atoms with Crippen molar-refractivity contribution < 1.29 is 14.3 Å². The molecule has 1 fully saturated rings. The van der Waals surface area contributed by atoms with Crippen molar-refractivity contribution in [1.82, 2.24) is 4.90 Å². The van der Waals surface area contributed by atoms with Gasteiger partial charge in [-0.2, -0.15) is 0 Å². The Kier molecular flexibility index (Phi) is 5.55. The van der Waals surface area contributed by atoms with E-state index in [2.05, 4.69) is 24.1 Å². The highest BCUT2D eigenvalue weighted by molar-refractivity contribution is 6.01. The van der Waals surface area contributed by atoms with Crippen LogP contribution in [0.1, 0.15) is 30.6 Å². The molecule has 1 N–H and O–H groups in total. The number of amides is 1. The SMILES string of the molecule is COC(=O)c1ccccc1NC(=O)CN1CC(C)CC(C)C1. The number of nitrogens with one attached hydrogen (secondary N) is 1. The first-order valence-electron chi connectivity index (χ1n) is 7.69. The average Bonchev–Trinajstić information content (AvgIpc) is 2.45. The molecule has 120 valence electrons. The van der Waals surface area contributed by atoms with Crippen LogP contribution in [0.15, 0.2) is 24.3 Å². The summed E-state index contributed by atoms with van der Waals surface area (Å²) in [4.78, 5) is 26.1. The molecule has 1 heterocycles. The van der Waals surface area contributed by atoms with Crippen molar-refractivity contribution in [2.45, 2.75) is 20.3 Å². The van der Waals surface area contributed by atoms with Gasteiger partial charge in [-0.3, -0.25) is 9.69 Å². The van der Waals surface area contributed by atoms with Crippen LogP contribution in [0.4, 0.5) is 5.69 Å². The molecule has 1 aliphatic rings. The smallest absolute Gasteiger partial charge is 0.339 e. The van der Waals surface area contributed by atoms with Crippen molar-refractivity contribution in [3.05, 3.63) is 29.8 Å². The van der Waals surface area contributed by atoms with Crippen molar-refractivity contribution in [2.24, 2.45) is 11.8 Å². The number of carbonyl (C=O) groups is 2. The first kappa shape index (κ1) is 16.5. The quantitative estimate of drug-likeness (QED) is 0.868. The van der Waals surface area contributed by atoms with Gasteiger partial charge < -0.3 is 10.1 Å². The Labute approximate surface area is 131 Å². The molecule has 1 aliphatic heterocycles. The third-order valence-corrected chi connectivity index (χ3v) is 3.92. The maximum absolute atomic E-state index is 12.3. The largest absolute Gasteiger partial charge is 0.465 e. The average molecular weight is 304 g/mol. The van der Waals surface area contributed by atoms with Crippen molar-refractivity contribution in [2.75, 3.05) is 32.1 Å². The second-order valence-electron chi connectivity index (χ2n) is 6.23. The van der Waals surface area contributed by atoms with Crippen LogP contribution in [0.2, 0.25) is 0 Å². The lowest BCUT2D eigenvalue weighted by molar-refractivity contribution is -0.117. The fourth-order valence-electron chi connectivity index (χ4n) is 3.19. The summed E-state index contributed by atoms with van der Waals surface area (Å²) < 4.78 is 4.74. The number of methoxy groups -OCH3 is 1. The number of rotatable bonds is 4. The Morgan fingerprint density at radius 1 is 1.23 bits per heavy atom. The van der Waals surface area contributed by atoms with E-state index in [0.717, 1.165) is 13.1 Å². The number of carbonyl (C=O) groups excluding carboxylic acids is 2. The van der Waals surface area contributed by atoms with Gasteiger partial charge in [0.15, 0.2) is 0 Å². The fraction of sp³-hybridized carbons (Fsp3) is 0.529. The number of esters is 1. The van der Waals surface area contributed by atoms with Gasteiger partial charge in [0.2, 0.25) is 5.91 Å². The van der Waals surface area contributed by atoms with E-state index in [1.54, 1.807) is 24.3 Å². The van der Waals surface area contributed by atoms with Gasteiger partial charge in [0.1, 0.15) is 0 Å². The van der Waals surface area contributed by atoms with Gasteiger partial charge in [-0.05, 0) is 30.4 Å². The summed E-state index contributed by atoms with van der Waals surface area (Å²) in [7, 11) is 1.33. The molecule has 1 amide bonds. The van der Waals surface area contributed by atoms with E-state index in [0.29, 0.717) is 29.6 Å². The van der Waals surface area contributed by atoms with Crippen LogP contribution in [0.25, 0.3) is 0 Å². The van der Waals surface area contributed by atoms with Crippen LogP contribution in [-0.2, 0) is 9.53 Å². The minimum absolute atomic E-state index is 0.0994. The van der Waals surface area contributed by atoms with Crippen molar-refractivity contribution >= 4 is 17.6 Å². The zero-order valence-corrected chi connectivity index (χ0v) is 13.5. The van der Waals surface area contributed by atoms with Gasteiger partial charge in [0, 0.05) is 13.1 Å². The molecule has 22 heavy (non-hydrogen) atoms. The Balaban J connectivity index is 1.99. The molecule has 0 radical (unpaired) electrons. The highest BCUT2D eigenvalue weighted by Crippen LogP contribution is 2.21. The molecule has 0 aliphatic carbocycles. The minimum atomic E-state index is -0.448. The summed E-state index contributed by atoms with van der Waals surface area (Å²) in [6, 6.07) is 6.89. The molecule has 5 nitrogen and oxygen atoms in total. The summed E-state index contributed by atoms with van der Waals surface area (Å²) in [5, 5.41) is 2.82. The van der Waals surface area contributed by atoms with Crippen LogP contribution < -0.4 is 5.32 Å². The topological polar surface area (TPSA) is 58.6 Å². The van der Waals surface area contributed by atoms with E-state index in [1.165, 1.54) is 13.5 Å². The first-order chi connectivity index (χ1) is 10.5. The lowest BCUT2D eigenvalue weighted by Crippen LogP contribution is -2.42. The normalized spacial score (nSPS) is 22.1. The standard InChI is InChI=1S/C17H24N2O3/c1-12-8-13(2)10-19(9-12)11-16(20)18-15-7-5-4-6-14(15)17(21)22-3/h4-7,12-13H,8-11H2,1-3H3,(H,18,20). The summed E-state index contributed by atoms with van der Waals surface area (Å²) in [5.41, 5.74) is 0.871. The molecule has 0 saturated carbocycles. The zero-order valence-electron chi connectivity index (χ0n) is 13.5. The molecular weight excluding hydrogens is 280 g/mol. The van der Waals surface area contributed by atoms with E-state index >= 15 is 0 Å². The number of hydrogen-bond acceptors (Lipinski definition) is 4. The summed E-state index contributed by atoms with van der Waals surface area (Å²) >= 11 is 0. The predicted molar refractivity (Wildman–Crippen MR) is 85.8 cm³/mol. The highest BCUT2D eigenvalue weighted by atomic mass is 16.5. The van der Waals surface area contributed by atoms with Gasteiger partial charge in [0.25, 0.3) is 0 Å². The number of benzene rings is 1. The zero-order chi connectivity index (χ0) is 16.1. The molecule has 2 unspecified atom stereocenters. The Hall–Kier alpha value is -1.88. The van der Waals surface area contributed by atoms with Gasteiger partial charge in [-0.25, -0.2) is 4.79 Å².